The Morgan fingerprint density at radius 3 is 3.05 bits per heavy atom. The lowest BCUT2D eigenvalue weighted by Gasteiger charge is -2.18. The van der Waals surface area contributed by atoms with Crippen LogP contribution in [0.2, 0.25) is 0 Å². The van der Waals surface area contributed by atoms with Gasteiger partial charge in [-0.05, 0) is 50.9 Å². The third kappa shape index (κ3) is 4.31. The first-order valence-electron chi connectivity index (χ1n) is 7.02. The minimum atomic E-state index is 0.218. The number of carbonyl (C=O) groups excluding carboxylic acids is 1. The summed E-state index contributed by atoms with van der Waals surface area (Å²) >= 11 is 0. The Morgan fingerprint density at radius 1 is 1.53 bits per heavy atom. The summed E-state index contributed by atoms with van der Waals surface area (Å²) in [5, 5.41) is 3.34. The van der Waals surface area contributed by atoms with Crippen molar-refractivity contribution in [1.82, 2.24) is 15.2 Å². The van der Waals surface area contributed by atoms with Gasteiger partial charge in [-0.1, -0.05) is 6.07 Å². The summed E-state index contributed by atoms with van der Waals surface area (Å²) in [7, 11) is 1.86. The molecule has 1 saturated heterocycles. The Labute approximate surface area is 115 Å². The summed E-state index contributed by atoms with van der Waals surface area (Å²) in [6, 6.07) is 5.93. The highest BCUT2D eigenvalue weighted by molar-refractivity contribution is 5.75. The monoisotopic (exact) mass is 261 g/mol. The first kappa shape index (κ1) is 14.0. The van der Waals surface area contributed by atoms with Gasteiger partial charge in [0.25, 0.3) is 0 Å². The fourth-order valence-corrected chi connectivity index (χ4v) is 2.50. The van der Waals surface area contributed by atoms with E-state index in [0.717, 1.165) is 30.9 Å². The number of carbonyl (C=O) groups is 1. The maximum atomic E-state index is 12.1. The van der Waals surface area contributed by atoms with E-state index in [1.54, 1.807) is 4.90 Å². The predicted octanol–water partition coefficient (Wildman–Crippen LogP) is 1.74. The molecule has 1 aliphatic rings. The number of hydrogen-bond acceptors (Lipinski definition) is 3. The van der Waals surface area contributed by atoms with Gasteiger partial charge >= 0.3 is 0 Å². The topological polar surface area (TPSA) is 45.2 Å². The Morgan fingerprint density at radius 2 is 2.37 bits per heavy atom. The fourth-order valence-electron chi connectivity index (χ4n) is 2.50. The minimum absolute atomic E-state index is 0.218. The van der Waals surface area contributed by atoms with Gasteiger partial charge < -0.3 is 10.2 Å². The van der Waals surface area contributed by atoms with E-state index in [9.17, 15) is 4.79 Å². The summed E-state index contributed by atoms with van der Waals surface area (Å²) in [6.07, 6.45) is 2.85. The summed E-state index contributed by atoms with van der Waals surface area (Å²) in [6.45, 7) is 4.74. The van der Waals surface area contributed by atoms with Crippen molar-refractivity contribution in [2.24, 2.45) is 5.92 Å². The van der Waals surface area contributed by atoms with Crippen LogP contribution in [-0.4, -0.2) is 35.9 Å². The Hall–Kier alpha value is -1.42. The van der Waals surface area contributed by atoms with Crippen molar-refractivity contribution >= 4 is 5.91 Å². The van der Waals surface area contributed by atoms with Crippen LogP contribution in [0.25, 0.3) is 0 Å². The van der Waals surface area contributed by atoms with E-state index in [1.165, 1.54) is 6.42 Å². The number of nitrogens with one attached hydrogen (secondary N) is 1. The first-order chi connectivity index (χ1) is 9.15. The number of pyridine rings is 1. The van der Waals surface area contributed by atoms with Gasteiger partial charge in [0.15, 0.2) is 0 Å². The van der Waals surface area contributed by atoms with Crippen molar-refractivity contribution in [2.75, 3.05) is 20.1 Å². The molecule has 2 heterocycles. The van der Waals surface area contributed by atoms with Gasteiger partial charge in [-0.3, -0.25) is 9.78 Å². The molecular formula is C15H23N3O. The molecule has 4 nitrogen and oxygen atoms in total. The van der Waals surface area contributed by atoms with Crippen molar-refractivity contribution in [1.29, 1.82) is 0 Å². The molecule has 0 bridgehead atoms. The fraction of sp³-hybridized carbons (Fsp3) is 0.600. The van der Waals surface area contributed by atoms with Crippen LogP contribution < -0.4 is 5.32 Å². The molecule has 2 rings (SSSR count). The van der Waals surface area contributed by atoms with E-state index in [1.807, 2.05) is 32.2 Å². The zero-order valence-electron chi connectivity index (χ0n) is 11.9. The van der Waals surface area contributed by atoms with Crippen LogP contribution in [0.5, 0.6) is 0 Å². The van der Waals surface area contributed by atoms with Crippen LogP contribution in [-0.2, 0) is 11.3 Å². The molecule has 0 radical (unpaired) electrons. The molecule has 0 spiro atoms. The lowest BCUT2D eigenvalue weighted by atomic mass is 10.0. The molecule has 0 saturated carbocycles. The van der Waals surface area contributed by atoms with Crippen molar-refractivity contribution in [3.05, 3.63) is 29.6 Å². The molecular weight excluding hydrogens is 238 g/mol. The van der Waals surface area contributed by atoms with Crippen LogP contribution >= 0.6 is 0 Å². The smallest absolute Gasteiger partial charge is 0.222 e. The van der Waals surface area contributed by atoms with Gasteiger partial charge in [0.1, 0.15) is 0 Å². The number of rotatable bonds is 5. The van der Waals surface area contributed by atoms with Crippen molar-refractivity contribution in [2.45, 2.75) is 32.7 Å². The lowest BCUT2D eigenvalue weighted by molar-refractivity contribution is -0.130. The number of amides is 1. The largest absolute Gasteiger partial charge is 0.340 e. The first-order valence-corrected chi connectivity index (χ1v) is 7.02. The zero-order valence-corrected chi connectivity index (χ0v) is 11.9. The van der Waals surface area contributed by atoms with Gasteiger partial charge in [-0.2, -0.15) is 0 Å². The highest BCUT2D eigenvalue weighted by atomic mass is 16.2. The number of aryl methyl sites for hydroxylation is 1. The third-order valence-electron chi connectivity index (χ3n) is 3.70. The lowest BCUT2D eigenvalue weighted by Crippen LogP contribution is -2.27. The van der Waals surface area contributed by atoms with Crippen LogP contribution in [0.4, 0.5) is 0 Å². The van der Waals surface area contributed by atoms with E-state index in [2.05, 4.69) is 10.3 Å². The summed E-state index contributed by atoms with van der Waals surface area (Å²) in [4.78, 5) is 18.3. The number of aromatic nitrogens is 1. The molecule has 1 aromatic rings. The van der Waals surface area contributed by atoms with Gasteiger partial charge in [0.2, 0.25) is 5.91 Å². The van der Waals surface area contributed by atoms with Gasteiger partial charge in [0.05, 0.1) is 12.2 Å². The summed E-state index contributed by atoms with van der Waals surface area (Å²) in [5.41, 5.74) is 1.95. The normalized spacial score (nSPS) is 18.5. The average Bonchev–Trinajstić information content (AvgIpc) is 2.89. The van der Waals surface area contributed by atoms with E-state index in [0.29, 0.717) is 18.9 Å². The second kappa shape index (κ2) is 6.66. The van der Waals surface area contributed by atoms with Crippen molar-refractivity contribution < 1.29 is 4.79 Å². The number of hydrogen-bond donors (Lipinski definition) is 1. The second-order valence-corrected chi connectivity index (χ2v) is 5.42. The van der Waals surface area contributed by atoms with Crippen LogP contribution in [0.1, 0.15) is 30.7 Å². The molecule has 1 N–H and O–H groups in total. The number of nitrogens with zero attached hydrogens (tertiary/aromatic N) is 2. The van der Waals surface area contributed by atoms with E-state index in [4.69, 9.17) is 0 Å². The maximum absolute atomic E-state index is 12.1. The Bertz CT molecular complexity index is 427. The molecule has 1 atom stereocenters. The molecule has 1 amide bonds. The molecule has 0 aliphatic carbocycles. The van der Waals surface area contributed by atoms with E-state index in [-0.39, 0.29) is 5.91 Å². The van der Waals surface area contributed by atoms with Crippen molar-refractivity contribution in [3.63, 3.8) is 0 Å². The standard InChI is InChI=1S/C15H23N3O/c1-12-4-3-5-14(17-12)11-18(2)15(19)7-6-13-8-9-16-10-13/h3-5,13,16H,6-11H2,1-2H3. The predicted molar refractivity (Wildman–Crippen MR) is 75.7 cm³/mol. The molecule has 1 fully saturated rings. The second-order valence-electron chi connectivity index (χ2n) is 5.42. The van der Waals surface area contributed by atoms with Gasteiger partial charge in [0, 0.05) is 19.2 Å². The average molecular weight is 261 g/mol. The highest BCUT2D eigenvalue weighted by Crippen LogP contribution is 2.15. The van der Waals surface area contributed by atoms with Crippen LogP contribution in [0, 0.1) is 12.8 Å². The minimum Gasteiger partial charge on any atom is -0.340 e. The van der Waals surface area contributed by atoms with Gasteiger partial charge in [-0.15, -0.1) is 0 Å². The summed E-state index contributed by atoms with van der Waals surface area (Å²) in [5.74, 6) is 0.893. The molecule has 19 heavy (non-hydrogen) atoms. The molecule has 4 heteroatoms. The van der Waals surface area contributed by atoms with Gasteiger partial charge in [-0.25, -0.2) is 0 Å². The summed E-state index contributed by atoms with van der Waals surface area (Å²) < 4.78 is 0. The van der Waals surface area contributed by atoms with E-state index >= 15 is 0 Å². The molecule has 1 unspecified atom stereocenters. The van der Waals surface area contributed by atoms with Crippen LogP contribution in [0.15, 0.2) is 18.2 Å². The van der Waals surface area contributed by atoms with Crippen molar-refractivity contribution in [3.8, 4) is 0 Å². The third-order valence-corrected chi connectivity index (χ3v) is 3.70. The van der Waals surface area contributed by atoms with E-state index < -0.39 is 0 Å². The highest BCUT2D eigenvalue weighted by Gasteiger charge is 2.17. The Balaban J connectivity index is 1.78. The molecule has 1 aliphatic heterocycles. The molecule has 0 aromatic carbocycles. The maximum Gasteiger partial charge on any atom is 0.222 e. The molecule has 104 valence electrons. The molecule has 1 aromatic heterocycles. The van der Waals surface area contributed by atoms with Crippen LogP contribution in [0.3, 0.4) is 0 Å². The quantitative estimate of drug-likeness (QED) is 0.878. The SMILES string of the molecule is Cc1cccc(CN(C)C(=O)CCC2CCNC2)n1. The zero-order chi connectivity index (χ0) is 13.7. The Kier molecular flexibility index (Phi) is 4.91.